The number of carboxylic acid groups (broad SMARTS) is 1. The van der Waals surface area contributed by atoms with Gasteiger partial charge >= 0.3 is 5.97 Å². The highest BCUT2D eigenvalue weighted by Crippen LogP contribution is 2.28. The molecule has 2 atom stereocenters. The van der Waals surface area contributed by atoms with E-state index in [0.717, 1.165) is 32.1 Å². The molecule has 0 saturated carbocycles. The van der Waals surface area contributed by atoms with Crippen LogP contribution in [0.1, 0.15) is 96.8 Å². The van der Waals surface area contributed by atoms with Gasteiger partial charge in [-0.2, -0.15) is 8.42 Å². The fraction of sp³-hybridized carbons (Fsp3) is 0.944. The highest BCUT2D eigenvalue weighted by Gasteiger charge is 2.46. The van der Waals surface area contributed by atoms with Crippen molar-refractivity contribution in [2.24, 2.45) is 0 Å². The lowest BCUT2D eigenvalue weighted by Gasteiger charge is -2.30. The molecule has 0 aliphatic carbocycles. The second-order valence-corrected chi connectivity index (χ2v) is 8.71. The summed E-state index contributed by atoms with van der Waals surface area (Å²) in [4.78, 5) is 7.88. The summed E-state index contributed by atoms with van der Waals surface area (Å²) in [6.45, 7) is 2.11. The van der Waals surface area contributed by atoms with Crippen molar-refractivity contribution in [1.82, 2.24) is 0 Å². The number of aliphatic hydroxyl groups excluding tert-OH is 1. The molecule has 0 spiro atoms. The molecule has 0 aliphatic rings. The van der Waals surface area contributed by atoms with Crippen molar-refractivity contribution < 1.29 is 33.1 Å². The summed E-state index contributed by atoms with van der Waals surface area (Å²) in [7, 11) is -4.80. The zero-order valence-electron chi connectivity index (χ0n) is 15.9. The second-order valence-electron chi connectivity index (χ2n) is 7.05. The Bertz CT molecular complexity index is 478. The fourth-order valence-corrected chi connectivity index (χ4v) is 3.86. The largest absolute Gasteiger partial charge is 0.481 e. The van der Waals surface area contributed by atoms with E-state index in [-0.39, 0.29) is 19.3 Å². The molecular formula is C18H36O7S. The fourth-order valence-electron chi connectivity index (χ4n) is 3.00. The molecule has 156 valence electrons. The van der Waals surface area contributed by atoms with E-state index in [1.807, 2.05) is 0 Å². The molecule has 0 amide bonds. The summed E-state index contributed by atoms with van der Waals surface area (Å²) in [5.41, 5.74) is 0. The molecule has 0 radical (unpaired) electrons. The highest BCUT2D eigenvalue weighted by molar-refractivity contribution is 7.87. The molecule has 7 nitrogen and oxygen atoms in total. The van der Waals surface area contributed by atoms with Crippen molar-refractivity contribution in [3.05, 3.63) is 0 Å². The predicted octanol–water partition coefficient (Wildman–Crippen LogP) is 3.49. The Morgan fingerprint density at radius 3 is 1.96 bits per heavy atom. The number of carbonyl (C=O) groups is 1. The standard InChI is InChI=1S/C18H36O7S/c1-2-3-4-5-7-10-13-16(19)18(22,26(23,24)25)15-12-9-6-8-11-14-17(20)21/h16,19,22H,2-15H2,1H3,(H,20,21)(H,23,24,25). The van der Waals surface area contributed by atoms with Gasteiger partial charge in [0.2, 0.25) is 4.93 Å². The zero-order chi connectivity index (χ0) is 20.1. The minimum absolute atomic E-state index is 0.103. The normalized spacial score (nSPS) is 15.5. The average Bonchev–Trinajstić information content (AvgIpc) is 2.55. The molecule has 4 N–H and O–H groups in total. The van der Waals surface area contributed by atoms with Crippen LogP contribution in [0, 0.1) is 0 Å². The molecule has 0 rings (SSSR count). The van der Waals surface area contributed by atoms with Crippen LogP contribution in [0.4, 0.5) is 0 Å². The Balaban J connectivity index is 4.27. The first-order valence-corrected chi connectivity index (χ1v) is 11.2. The zero-order valence-corrected chi connectivity index (χ0v) is 16.7. The van der Waals surface area contributed by atoms with Crippen LogP contribution in [-0.4, -0.2) is 45.3 Å². The van der Waals surface area contributed by atoms with Gasteiger partial charge in [-0.25, -0.2) is 0 Å². The van der Waals surface area contributed by atoms with E-state index in [2.05, 4.69) is 6.92 Å². The molecule has 8 heteroatoms. The Labute approximate surface area is 157 Å². The first-order chi connectivity index (χ1) is 12.1. The molecule has 0 aromatic heterocycles. The van der Waals surface area contributed by atoms with E-state index < -0.39 is 27.1 Å². The Morgan fingerprint density at radius 1 is 0.923 bits per heavy atom. The van der Waals surface area contributed by atoms with Crippen molar-refractivity contribution in [3.63, 3.8) is 0 Å². The van der Waals surface area contributed by atoms with Crippen LogP contribution < -0.4 is 0 Å². The van der Waals surface area contributed by atoms with Gasteiger partial charge in [-0.3, -0.25) is 9.35 Å². The number of rotatable bonds is 17. The summed E-state index contributed by atoms with van der Waals surface area (Å²) >= 11 is 0. The van der Waals surface area contributed by atoms with E-state index in [4.69, 9.17) is 5.11 Å². The molecule has 26 heavy (non-hydrogen) atoms. The van der Waals surface area contributed by atoms with Crippen LogP contribution in [0.2, 0.25) is 0 Å². The third kappa shape index (κ3) is 10.4. The van der Waals surface area contributed by atoms with Gasteiger partial charge in [-0.05, 0) is 25.7 Å². The SMILES string of the molecule is CCCCCCCCC(O)C(O)(CCCCCCCC(=O)O)S(=O)(=O)O. The smallest absolute Gasteiger partial charge is 0.303 e. The van der Waals surface area contributed by atoms with E-state index in [9.17, 15) is 28.0 Å². The maximum absolute atomic E-state index is 11.6. The maximum atomic E-state index is 11.6. The van der Waals surface area contributed by atoms with Crippen molar-refractivity contribution in [2.75, 3.05) is 0 Å². The molecule has 0 heterocycles. The van der Waals surface area contributed by atoms with Crippen LogP contribution in [0.3, 0.4) is 0 Å². The lowest BCUT2D eigenvalue weighted by molar-refractivity contribution is -0.137. The van der Waals surface area contributed by atoms with E-state index >= 15 is 0 Å². The van der Waals surface area contributed by atoms with Gasteiger partial charge in [0.25, 0.3) is 10.1 Å². The van der Waals surface area contributed by atoms with Crippen LogP contribution in [-0.2, 0) is 14.9 Å². The van der Waals surface area contributed by atoms with E-state index in [0.29, 0.717) is 38.5 Å². The predicted molar refractivity (Wildman–Crippen MR) is 100 cm³/mol. The van der Waals surface area contributed by atoms with Gasteiger partial charge in [-0.1, -0.05) is 64.7 Å². The third-order valence-corrected chi connectivity index (χ3v) is 6.09. The summed E-state index contributed by atoms with van der Waals surface area (Å²) in [5, 5.41) is 29.1. The number of aliphatic hydroxyl groups is 2. The number of carboxylic acids is 1. The number of hydrogen-bond donors (Lipinski definition) is 4. The first kappa shape index (κ1) is 25.3. The molecular weight excluding hydrogens is 360 g/mol. The van der Waals surface area contributed by atoms with Gasteiger partial charge in [-0.15, -0.1) is 0 Å². The number of unbranched alkanes of at least 4 members (excludes halogenated alkanes) is 9. The van der Waals surface area contributed by atoms with Crippen LogP contribution in [0.15, 0.2) is 0 Å². The molecule has 0 aromatic rings. The molecule has 0 bridgehead atoms. The molecule has 0 aromatic carbocycles. The minimum Gasteiger partial charge on any atom is -0.481 e. The van der Waals surface area contributed by atoms with Crippen molar-refractivity contribution in [2.45, 2.75) is 108 Å². The van der Waals surface area contributed by atoms with Gasteiger partial charge in [0.05, 0.1) is 6.10 Å². The van der Waals surface area contributed by atoms with E-state index in [1.54, 1.807) is 0 Å². The topological polar surface area (TPSA) is 132 Å². The van der Waals surface area contributed by atoms with Gasteiger partial charge in [0.1, 0.15) is 0 Å². The summed E-state index contributed by atoms with van der Waals surface area (Å²) in [5.74, 6) is -0.844. The summed E-state index contributed by atoms with van der Waals surface area (Å²) in [6.07, 6.45) is 7.18. The summed E-state index contributed by atoms with van der Waals surface area (Å²) in [6, 6.07) is 0. The number of aliphatic carboxylic acids is 1. The highest BCUT2D eigenvalue weighted by atomic mass is 32.2. The molecule has 2 unspecified atom stereocenters. The van der Waals surface area contributed by atoms with Gasteiger partial charge in [0.15, 0.2) is 0 Å². The van der Waals surface area contributed by atoms with Crippen LogP contribution >= 0.6 is 0 Å². The quantitative estimate of drug-likeness (QED) is 0.218. The Morgan fingerprint density at radius 2 is 1.42 bits per heavy atom. The van der Waals surface area contributed by atoms with Crippen LogP contribution in [0.5, 0.6) is 0 Å². The van der Waals surface area contributed by atoms with Crippen molar-refractivity contribution >= 4 is 16.1 Å². The molecule has 0 fully saturated rings. The second kappa shape index (κ2) is 13.5. The Kier molecular flexibility index (Phi) is 13.1. The average molecular weight is 397 g/mol. The lowest BCUT2D eigenvalue weighted by atomic mass is 9.99. The minimum atomic E-state index is -4.80. The third-order valence-electron chi connectivity index (χ3n) is 4.72. The van der Waals surface area contributed by atoms with Gasteiger partial charge in [0, 0.05) is 6.42 Å². The molecule has 0 aliphatic heterocycles. The van der Waals surface area contributed by atoms with E-state index in [1.165, 1.54) is 0 Å². The maximum Gasteiger partial charge on any atom is 0.303 e. The molecule has 0 saturated heterocycles. The van der Waals surface area contributed by atoms with Crippen LogP contribution in [0.25, 0.3) is 0 Å². The summed E-state index contributed by atoms with van der Waals surface area (Å²) < 4.78 is 32.6. The van der Waals surface area contributed by atoms with Crippen molar-refractivity contribution in [3.8, 4) is 0 Å². The first-order valence-electron chi connectivity index (χ1n) is 9.74. The lowest BCUT2D eigenvalue weighted by Crippen LogP contribution is -2.49. The van der Waals surface area contributed by atoms with Gasteiger partial charge < -0.3 is 15.3 Å². The van der Waals surface area contributed by atoms with Crippen molar-refractivity contribution in [1.29, 1.82) is 0 Å². The monoisotopic (exact) mass is 396 g/mol. The number of hydrogen-bond acceptors (Lipinski definition) is 5. The Hall–Kier alpha value is -0.700.